The van der Waals surface area contributed by atoms with E-state index in [-0.39, 0.29) is 5.91 Å². The van der Waals surface area contributed by atoms with Gasteiger partial charge in [-0.15, -0.1) is 0 Å². The molecule has 0 aliphatic carbocycles. The lowest BCUT2D eigenvalue weighted by Crippen LogP contribution is -2.39. The van der Waals surface area contributed by atoms with Gasteiger partial charge < -0.3 is 10.2 Å². The van der Waals surface area contributed by atoms with Crippen molar-refractivity contribution in [1.82, 2.24) is 9.36 Å². The summed E-state index contributed by atoms with van der Waals surface area (Å²) in [5.41, 5.74) is 2.99. The normalized spacial score (nSPS) is 15.0. The van der Waals surface area contributed by atoms with Gasteiger partial charge in [0.25, 0.3) is 0 Å². The summed E-state index contributed by atoms with van der Waals surface area (Å²) in [5.74, 6) is 0.606. The summed E-state index contributed by atoms with van der Waals surface area (Å²) in [6, 6.07) is 14.7. The van der Waals surface area contributed by atoms with Gasteiger partial charge in [0.2, 0.25) is 11.0 Å². The number of nitrogens with zero attached hydrogens (tertiary/aromatic N) is 3. The molecule has 32 heavy (non-hydrogen) atoms. The zero-order valence-electron chi connectivity index (χ0n) is 18.1. The van der Waals surface area contributed by atoms with Crippen LogP contribution in [0.25, 0.3) is 0 Å². The fraction of sp³-hybridized carbons (Fsp3) is 0.348. The van der Waals surface area contributed by atoms with Crippen molar-refractivity contribution in [2.24, 2.45) is 0 Å². The van der Waals surface area contributed by atoms with Crippen molar-refractivity contribution in [3.05, 3.63) is 65.5 Å². The third kappa shape index (κ3) is 5.16. The second-order valence-electron chi connectivity index (χ2n) is 8.09. The van der Waals surface area contributed by atoms with Crippen LogP contribution in [0.4, 0.5) is 10.8 Å². The summed E-state index contributed by atoms with van der Waals surface area (Å²) < 4.78 is 30.6. The minimum absolute atomic E-state index is 0.188. The molecule has 0 radical (unpaired) electrons. The predicted molar refractivity (Wildman–Crippen MR) is 127 cm³/mol. The Morgan fingerprint density at radius 1 is 1.09 bits per heavy atom. The molecule has 1 amide bonds. The highest BCUT2D eigenvalue weighted by molar-refractivity contribution is 7.92. The van der Waals surface area contributed by atoms with Gasteiger partial charge in [0.15, 0.2) is 9.84 Å². The summed E-state index contributed by atoms with van der Waals surface area (Å²) in [6.07, 6.45) is 1.78. The van der Waals surface area contributed by atoms with Crippen molar-refractivity contribution in [3.63, 3.8) is 0 Å². The molecule has 0 saturated carbocycles. The van der Waals surface area contributed by atoms with Crippen LogP contribution < -0.4 is 10.2 Å². The van der Waals surface area contributed by atoms with Crippen LogP contribution >= 0.6 is 11.5 Å². The van der Waals surface area contributed by atoms with E-state index in [2.05, 4.69) is 50.8 Å². The Kier molecular flexibility index (Phi) is 6.57. The number of hydrogen-bond acceptors (Lipinski definition) is 7. The summed E-state index contributed by atoms with van der Waals surface area (Å²) >= 11 is 1.37. The molecule has 0 spiro atoms. The first-order valence-corrected chi connectivity index (χ1v) is 12.9. The van der Waals surface area contributed by atoms with E-state index < -0.39 is 15.1 Å². The zero-order valence-corrected chi connectivity index (χ0v) is 19.7. The van der Waals surface area contributed by atoms with Gasteiger partial charge >= 0.3 is 0 Å². The van der Waals surface area contributed by atoms with Crippen LogP contribution in [0.1, 0.15) is 36.7 Å². The number of sulfone groups is 1. The molecule has 2 heterocycles. The number of aromatic nitrogens is 2. The number of carbonyl (C=O) groups is 1. The van der Waals surface area contributed by atoms with Crippen LogP contribution in [0.3, 0.4) is 0 Å². The van der Waals surface area contributed by atoms with Crippen LogP contribution in [0.5, 0.6) is 0 Å². The smallest absolute Gasteiger partial charge is 0.221 e. The third-order valence-electron chi connectivity index (χ3n) is 5.59. The lowest BCUT2D eigenvalue weighted by Gasteiger charge is -2.31. The minimum Gasteiger partial charge on any atom is -0.347 e. The second-order valence-corrected chi connectivity index (χ2v) is 11.1. The molecule has 1 aliphatic rings. The van der Waals surface area contributed by atoms with Crippen molar-refractivity contribution >= 4 is 38.1 Å². The lowest BCUT2D eigenvalue weighted by molar-refractivity contribution is -0.114. The molecule has 0 bridgehead atoms. The number of amides is 1. The molecule has 4 rings (SSSR count). The van der Waals surface area contributed by atoms with Crippen molar-refractivity contribution < 1.29 is 13.2 Å². The van der Waals surface area contributed by atoms with Gasteiger partial charge in [-0.25, -0.2) is 13.4 Å². The van der Waals surface area contributed by atoms with Gasteiger partial charge in [-0.05, 0) is 49.6 Å². The summed E-state index contributed by atoms with van der Waals surface area (Å²) in [5, 5.41) is 3.08. The fourth-order valence-electron chi connectivity index (χ4n) is 3.81. The van der Waals surface area contributed by atoms with Crippen LogP contribution in [0, 0.1) is 6.92 Å². The average molecular weight is 471 g/mol. The predicted octanol–water partition coefficient (Wildman–Crippen LogP) is 3.84. The Hall–Kier alpha value is -2.78. The molecule has 168 valence electrons. The molecule has 0 atom stereocenters. The fourth-order valence-corrected chi connectivity index (χ4v) is 6.28. The van der Waals surface area contributed by atoms with E-state index in [9.17, 15) is 13.2 Å². The number of aryl methyl sites for hydroxylation is 1. The van der Waals surface area contributed by atoms with Crippen LogP contribution in [-0.4, -0.2) is 42.0 Å². The lowest BCUT2D eigenvalue weighted by atomic mass is 10.1. The number of benzene rings is 2. The Morgan fingerprint density at radius 3 is 2.38 bits per heavy atom. The quantitative estimate of drug-likeness (QED) is 0.589. The first-order valence-electron chi connectivity index (χ1n) is 10.6. The maximum atomic E-state index is 13.1. The molecule has 1 N–H and O–H groups in total. The molecular formula is C23H26N4O3S2. The number of rotatable bonds is 6. The number of anilines is 2. The Bertz CT molecular complexity index is 1180. The molecule has 0 unspecified atom stereocenters. The highest BCUT2D eigenvalue weighted by atomic mass is 32.2. The van der Waals surface area contributed by atoms with Crippen LogP contribution in [-0.2, 0) is 21.1 Å². The molecular weight excluding hydrogens is 444 g/mol. The van der Waals surface area contributed by atoms with Gasteiger partial charge in [-0.1, -0.05) is 29.8 Å². The van der Waals surface area contributed by atoms with Crippen molar-refractivity contribution in [2.45, 2.75) is 43.3 Å². The average Bonchev–Trinajstić information content (AvgIpc) is 3.24. The molecule has 9 heteroatoms. The minimum atomic E-state index is -3.42. The first-order chi connectivity index (χ1) is 15.3. The summed E-state index contributed by atoms with van der Waals surface area (Å²) in [7, 11) is -3.42. The van der Waals surface area contributed by atoms with E-state index in [1.165, 1.54) is 29.6 Å². The molecule has 1 fully saturated rings. The molecule has 7 nitrogen and oxygen atoms in total. The monoisotopic (exact) mass is 470 g/mol. The SMILES string of the molecule is CC(=O)Nc1ccc(S(=O)(=O)C2CCN(c3nc(Cc4ccc(C)cc4)ns3)CC2)cc1. The number of hydrogen-bond donors (Lipinski definition) is 1. The van der Waals surface area contributed by atoms with Gasteiger partial charge in [0.05, 0.1) is 10.1 Å². The van der Waals surface area contributed by atoms with E-state index in [0.29, 0.717) is 42.9 Å². The maximum absolute atomic E-state index is 13.1. The van der Waals surface area contributed by atoms with E-state index in [4.69, 9.17) is 0 Å². The largest absolute Gasteiger partial charge is 0.347 e. The van der Waals surface area contributed by atoms with E-state index in [0.717, 1.165) is 11.0 Å². The standard InChI is InChI=1S/C23H26N4O3S2/c1-16-3-5-18(6-4-16)15-22-25-23(31-26-22)27-13-11-21(12-14-27)32(29,30)20-9-7-19(8-10-20)24-17(2)28/h3-10,21H,11-15H2,1-2H3,(H,24,28). The summed E-state index contributed by atoms with van der Waals surface area (Å²) in [6.45, 7) is 4.75. The third-order valence-corrected chi connectivity index (χ3v) is 8.69. The topological polar surface area (TPSA) is 92.3 Å². The Labute approximate surface area is 192 Å². The molecule has 3 aromatic rings. The van der Waals surface area contributed by atoms with Gasteiger partial charge in [-0.3, -0.25) is 4.79 Å². The number of piperidine rings is 1. The van der Waals surface area contributed by atoms with E-state index >= 15 is 0 Å². The first kappa shape index (κ1) is 22.4. The zero-order chi connectivity index (χ0) is 22.7. The maximum Gasteiger partial charge on any atom is 0.221 e. The molecule has 1 aromatic heterocycles. The Balaban J connectivity index is 1.37. The van der Waals surface area contributed by atoms with E-state index in [1.807, 2.05) is 0 Å². The molecule has 1 saturated heterocycles. The van der Waals surface area contributed by atoms with Crippen LogP contribution in [0.2, 0.25) is 0 Å². The second kappa shape index (κ2) is 9.38. The highest BCUT2D eigenvalue weighted by Gasteiger charge is 2.32. The molecule has 2 aromatic carbocycles. The highest BCUT2D eigenvalue weighted by Crippen LogP contribution is 2.29. The van der Waals surface area contributed by atoms with Gasteiger partial charge in [-0.2, -0.15) is 4.37 Å². The summed E-state index contributed by atoms with van der Waals surface area (Å²) in [4.78, 5) is 18.3. The van der Waals surface area contributed by atoms with Crippen molar-refractivity contribution in [2.75, 3.05) is 23.3 Å². The van der Waals surface area contributed by atoms with Crippen molar-refractivity contribution in [3.8, 4) is 0 Å². The number of nitrogens with one attached hydrogen (secondary N) is 1. The Morgan fingerprint density at radius 2 is 1.75 bits per heavy atom. The van der Waals surface area contributed by atoms with Gasteiger partial charge in [0.1, 0.15) is 5.82 Å². The molecule has 1 aliphatic heterocycles. The van der Waals surface area contributed by atoms with Crippen molar-refractivity contribution in [1.29, 1.82) is 0 Å². The number of carbonyl (C=O) groups excluding carboxylic acids is 1. The van der Waals surface area contributed by atoms with Gasteiger partial charge in [0, 0.05) is 43.7 Å². The van der Waals surface area contributed by atoms with E-state index in [1.54, 1.807) is 24.3 Å². The van der Waals surface area contributed by atoms with Crippen LogP contribution in [0.15, 0.2) is 53.4 Å².